The van der Waals surface area contributed by atoms with Crippen molar-refractivity contribution in [3.8, 4) is 11.5 Å². The highest BCUT2D eigenvalue weighted by atomic mass is 32.1. The molecule has 2 heterocycles. The van der Waals surface area contributed by atoms with Crippen LogP contribution in [0.2, 0.25) is 0 Å². The van der Waals surface area contributed by atoms with Crippen molar-refractivity contribution >= 4 is 23.4 Å². The summed E-state index contributed by atoms with van der Waals surface area (Å²) in [5.41, 5.74) is 1.75. The molecule has 0 unspecified atom stereocenters. The van der Waals surface area contributed by atoms with E-state index in [1.54, 1.807) is 36.8 Å². The number of carbonyl (C=O) groups is 1. The van der Waals surface area contributed by atoms with Crippen molar-refractivity contribution in [3.63, 3.8) is 0 Å². The molecular formula is C13H10N2O3S. The summed E-state index contributed by atoms with van der Waals surface area (Å²) in [4.78, 5) is 12.4. The highest BCUT2D eigenvalue weighted by molar-refractivity contribution is 7.03. The van der Waals surface area contributed by atoms with Crippen LogP contribution in [0.5, 0.6) is 11.5 Å². The van der Waals surface area contributed by atoms with Crippen LogP contribution in [0.4, 0.5) is 0 Å². The van der Waals surface area contributed by atoms with Crippen LogP contribution in [0.15, 0.2) is 29.2 Å². The van der Waals surface area contributed by atoms with E-state index >= 15 is 0 Å². The van der Waals surface area contributed by atoms with Crippen LogP contribution in [0, 0.1) is 0 Å². The summed E-state index contributed by atoms with van der Waals surface area (Å²) >= 11 is 1.24. The summed E-state index contributed by atoms with van der Waals surface area (Å²) in [7, 11) is 1.55. The second-order valence-electron chi connectivity index (χ2n) is 3.95. The van der Waals surface area contributed by atoms with E-state index in [1.807, 2.05) is 0 Å². The van der Waals surface area contributed by atoms with Crippen molar-refractivity contribution in [2.45, 2.75) is 0 Å². The van der Waals surface area contributed by atoms with Crippen molar-refractivity contribution in [2.24, 2.45) is 0 Å². The molecule has 0 saturated heterocycles. The number of hydrogen-bond acceptors (Lipinski definition) is 6. The second-order valence-corrected chi connectivity index (χ2v) is 4.56. The lowest BCUT2D eigenvalue weighted by Gasteiger charge is -2.20. The fourth-order valence-electron chi connectivity index (χ4n) is 1.91. The third-order valence-corrected chi connectivity index (χ3v) is 3.33. The molecular weight excluding hydrogens is 264 g/mol. The van der Waals surface area contributed by atoms with Crippen molar-refractivity contribution < 1.29 is 14.3 Å². The molecule has 19 heavy (non-hydrogen) atoms. The number of para-hydroxylation sites is 1. The van der Waals surface area contributed by atoms with Gasteiger partial charge in [-0.25, -0.2) is 0 Å². The Kier molecular flexibility index (Phi) is 3.00. The average Bonchev–Trinajstić information content (AvgIpc) is 2.94. The predicted molar refractivity (Wildman–Crippen MR) is 70.7 cm³/mol. The van der Waals surface area contributed by atoms with Crippen LogP contribution < -0.4 is 9.47 Å². The minimum Gasteiger partial charge on any atom is -0.493 e. The summed E-state index contributed by atoms with van der Waals surface area (Å²) < 4.78 is 14.6. The molecule has 0 saturated carbocycles. The number of carbonyl (C=O) groups excluding carboxylic acids is 1. The van der Waals surface area contributed by atoms with Crippen molar-refractivity contribution in [1.82, 2.24) is 9.59 Å². The Bertz CT molecular complexity index is 650. The van der Waals surface area contributed by atoms with Crippen LogP contribution in [0.3, 0.4) is 0 Å². The number of aromatic nitrogens is 2. The van der Waals surface area contributed by atoms with Gasteiger partial charge in [0.1, 0.15) is 6.61 Å². The zero-order chi connectivity index (χ0) is 13.2. The number of methoxy groups -OCH3 is 1. The molecule has 0 amide bonds. The van der Waals surface area contributed by atoms with E-state index in [4.69, 9.17) is 9.47 Å². The first-order valence-electron chi connectivity index (χ1n) is 5.61. The Morgan fingerprint density at radius 2 is 2.37 bits per heavy atom. The Balaban J connectivity index is 2.01. The van der Waals surface area contributed by atoms with Crippen LogP contribution in [0.25, 0.3) is 6.08 Å². The van der Waals surface area contributed by atoms with Crippen molar-refractivity contribution in [2.75, 3.05) is 13.7 Å². The number of fused-ring (bicyclic) bond motifs is 1. The molecule has 0 N–H and O–H groups in total. The summed E-state index contributed by atoms with van der Waals surface area (Å²) in [6.07, 6.45) is 1.70. The zero-order valence-electron chi connectivity index (χ0n) is 10.1. The number of ketones is 1. The summed E-state index contributed by atoms with van der Waals surface area (Å²) in [5, 5.41) is 5.67. The lowest BCUT2D eigenvalue weighted by atomic mass is 9.99. The first-order chi connectivity index (χ1) is 9.29. The van der Waals surface area contributed by atoms with Gasteiger partial charge in [-0.15, -0.1) is 5.10 Å². The molecule has 0 bridgehead atoms. The lowest BCUT2D eigenvalue weighted by Crippen LogP contribution is -2.19. The highest BCUT2D eigenvalue weighted by Gasteiger charge is 2.26. The Labute approximate surface area is 113 Å². The van der Waals surface area contributed by atoms with E-state index in [9.17, 15) is 4.79 Å². The Hall–Kier alpha value is -2.21. The molecule has 2 aromatic rings. The summed E-state index contributed by atoms with van der Waals surface area (Å²) in [5.74, 6) is 1.01. The monoisotopic (exact) mass is 274 g/mol. The van der Waals surface area contributed by atoms with Crippen LogP contribution >= 0.6 is 11.5 Å². The van der Waals surface area contributed by atoms with E-state index < -0.39 is 0 Å². The molecule has 5 nitrogen and oxygen atoms in total. The van der Waals surface area contributed by atoms with Crippen LogP contribution in [-0.2, 0) is 0 Å². The minimum absolute atomic E-state index is 0.0619. The lowest BCUT2D eigenvalue weighted by molar-refractivity contribution is 0.0999. The SMILES string of the molecule is COc1cccc2c1OCC(=Cc1csnn1)C2=O. The van der Waals surface area contributed by atoms with Gasteiger partial charge in [0.2, 0.25) is 0 Å². The molecule has 0 aliphatic carbocycles. The molecule has 0 spiro atoms. The maximum absolute atomic E-state index is 12.4. The van der Waals surface area contributed by atoms with Crippen LogP contribution in [-0.4, -0.2) is 29.1 Å². The van der Waals surface area contributed by atoms with Gasteiger partial charge in [-0.05, 0) is 29.7 Å². The Morgan fingerprint density at radius 3 is 3.11 bits per heavy atom. The van der Waals surface area contributed by atoms with Gasteiger partial charge in [-0.1, -0.05) is 10.6 Å². The Morgan fingerprint density at radius 1 is 1.47 bits per heavy atom. The minimum atomic E-state index is -0.0619. The third-order valence-electron chi connectivity index (χ3n) is 2.81. The van der Waals surface area contributed by atoms with E-state index in [2.05, 4.69) is 9.59 Å². The maximum Gasteiger partial charge on any atom is 0.196 e. The molecule has 1 aliphatic rings. The van der Waals surface area contributed by atoms with E-state index in [0.717, 1.165) is 0 Å². The number of rotatable bonds is 2. The van der Waals surface area contributed by atoms with E-state index in [0.29, 0.717) is 28.3 Å². The average molecular weight is 274 g/mol. The molecule has 1 aromatic heterocycles. The fraction of sp³-hybridized carbons (Fsp3) is 0.154. The highest BCUT2D eigenvalue weighted by Crippen LogP contribution is 2.36. The van der Waals surface area contributed by atoms with E-state index in [1.165, 1.54) is 11.5 Å². The standard InChI is InChI=1S/C13H10N2O3S/c1-17-11-4-2-3-10-12(16)8(6-18-13(10)11)5-9-7-19-15-14-9/h2-5,7H,6H2,1H3. The quantitative estimate of drug-likeness (QED) is 0.786. The van der Waals surface area contributed by atoms with Gasteiger partial charge in [-0.2, -0.15) is 0 Å². The fourth-order valence-corrected chi connectivity index (χ4v) is 2.32. The number of hydrogen-bond donors (Lipinski definition) is 0. The molecule has 1 aromatic carbocycles. The molecule has 96 valence electrons. The summed E-state index contributed by atoms with van der Waals surface area (Å²) in [6.45, 7) is 0.212. The first-order valence-corrected chi connectivity index (χ1v) is 6.45. The second kappa shape index (κ2) is 4.81. The van der Waals surface area contributed by atoms with Crippen molar-refractivity contribution in [3.05, 3.63) is 40.4 Å². The molecule has 0 fully saturated rings. The number of Topliss-reactive ketones (excluding diaryl/α,β-unsaturated/α-hetero) is 1. The number of ether oxygens (including phenoxy) is 2. The smallest absolute Gasteiger partial charge is 0.196 e. The molecule has 3 rings (SSSR count). The first kappa shape index (κ1) is 11.9. The zero-order valence-corrected chi connectivity index (χ0v) is 10.9. The topological polar surface area (TPSA) is 61.3 Å². The normalized spacial score (nSPS) is 16.1. The summed E-state index contributed by atoms with van der Waals surface area (Å²) in [6, 6.07) is 5.27. The van der Waals surface area contributed by atoms with E-state index in [-0.39, 0.29) is 12.4 Å². The van der Waals surface area contributed by atoms with Crippen LogP contribution in [0.1, 0.15) is 16.1 Å². The molecule has 1 aliphatic heterocycles. The van der Waals surface area contributed by atoms with Gasteiger partial charge in [-0.3, -0.25) is 4.79 Å². The van der Waals surface area contributed by atoms with Crippen molar-refractivity contribution in [1.29, 1.82) is 0 Å². The molecule has 0 radical (unpaired) electrons. The van der Waals surface area contributed by atoms with Gasteiger partial charge in [0.15, 0.2) is 17.3 Å². The van der Waals surface area contributed by atoms with Gasteiger partial charge < -0.3 is 9.47 Å². The van der Waals surface area contributed by atoms with Gasteiger partial charge in [0.05, 0.1) is 18.4 Å². The largest absolute Gasteiger partial charge is 0.493 e. The maximum atomic E-state index is 12.4. The van der Waals surface area contributed by atoms with Gasteiger partial charge in [0.25, 0.3) is 0 Å². The van der Waals surface area contributed by atoms with Gasteiger partial charge >= 0.3 is 0 Å². The predicted octanol–water partition coefficient (Wildman–Crippen LogP) is 2.21. The third kappa shape index (κ3) is 2.10. The van der Waals surface area contributed by atoms with Gasteiger partial charge in [0, 0.05) is 11.0 Å². The number of nitrogens with zero attached hydrogens (tertiary/aromatic N) is 2. The number of benzene rings is 1. The molecule has 6 heteroatoms. The molecule has 0 atom stereocenters.